The first-order valence-electron chi connectivity index (χ1n) is 10.4. The van der Waals surface area contributed by atoms with Crippen molar-refractivity contribution in [1.29, 1.82) is 0 Å². The summed E-state index contributed by atoms with van der Waals surface area (Å²) in [6.45, 7) is 5.82. The van der Waals surface area contributed by atoms with Gasteiger partial charge in [0.2, 0.25) is 0 Å². The Balaban J connectivity index is 1.84. The molecule has 0 saturated carbocycles. The molecule has 1 aliphatic rings. The molecular weight excluding hydrogens is 429 g/mol. The highest BCUT2D eigenvalue weighted by molar-refractivity contribution is 5.95. The summed E-state index contributed by atoms with van der Waals surface area (Å²) >= 11 is 0. The van der Waals surface area contributed by atoms with Crippen LogP contribution < -0.4 is 5.32 Å². The van der Waals surface area contributed by atoms with E-state index in [1.165, 1.54) is 12.0 Å². The van der Waals surface area contributed by atoms with Gasteiger partial charge >= 0.3 is 6.18 Å². The van der Waals surface area contributed by atoms with Crippen LogP contribution in [0.25, 0.3) is 0 Å². The summed E-state index contributed by atoms with van der Waals surface area (Å²) in [5.74, 6) is -0.573. The lowest BCUT2D eigenvalue weighted by molar-refractivity contribution is -0.141. The van der Waals surface area contributed by atoms with E-state index in [4.69, 9.17) is 4.74 Å². The lowest BCUT2D eigenvalue weighted by atomic mass is 10.0. The smallest absolute Gasteiger partial charge is 0.383 e. The molecule has 2 amide bonds. The normalized spacial score (nSPS) is 14.0. The number of aromatic amines is 1. The number of H-pyrrole nitrogens is 1. The molecule has 0 unspecified atom stereocenters. The molecule has 1 aliphatic heterocycles. The summed E-state index contributed by atoms with van der Waals surface area (Å²) in [5.41, 5.74) is 0.284. The molecule has 0 bridgehead atoms. The number of carbonyl (C=O) groups is 2. The standard InChI is InChI=1S/C20H27F3N6O3/c1-12(2)4-8-29-15-5-7-28(19(31)14-10-16(26-25-14)20(21,22)23)11-13(15)17(27-29)18(30)24-6-9-32-3/h10,12H,4-9,11H2,1-3H3,(H,24,30)(H,25,26). The first-order valence-corrected chi connectivity index (χ1v) is 10.4. The number of hydrogen-bond donors (Lipinski definition) is 2. The van der Waals surface area contributed by atoms with E-state index in [1.54, 1.807) is 4.68 Å². The van der Waals surface area contributed by atoms with E-state index in [2.05, 4.69) is 29.4 Å². The average Bonchev–Trinajstić information content (AvgIpc) is 3.37. The van der Waals surface area contributed by atoms with Crippen LogP contribution in [-0.2, 0) is 30.4 Å². The van der Waals surface area contributed by atoms with E-state index in [0.29, 0.717) is 43.7 Å². The number of rotatable bonds is 8. The SMILES string of the molecule is COCCNC(=O)c1nn(CCC(C)C)c2c1CN(C(=O)c1cc(C(F)(F)F)[nH]n1)CC2. The van der Waals surface area contributed by atoms with E-state index in [1.807, 2.05) is 5.10 Å². The fourth-order valence-electron chi connectivity index (χ4n) is 3.50. The summed E-state index contributed by atoms with van der Waals surface area (Å²) in [6.07, 6.45) is -3.31. The maximum atomic E-state index is 12.8. The van der Waals surface area contributed by atoms with Gasteiger partial charge in [0, 0.05) is 50.5 Å². The largest absolute Gasteiger partial charge is 0.432 e. The molecule has 0 aliphatic carbocycles. The summed E-state index contributed by atoms with van der Waals surface area (Å²) in [7, 11) is 1.53. The number of aryl methyl sites for hydroxylation is 1. The van der Waals surface area contributed by atoms with E-state index in [-0.39, 0.29) is 30.4 Å². The molecular formula is C20H27F3N6O3. The number of nitrogens with one attached hydrogen (secondary N) is 2. The minimum absolute atomic E-state index is 0.0666. The Labute approximate surface area is 183 Å². The maximum Gasteiger partial charge on any atom is 0.432 e. The highest BCUT2D eigenvalue weighted by Gasteiger charge is 2.36. The minimum Gasteiger partial charge on any atom is -0.383 e. The fraction of sp³-hybridized carbons (Fsp3) is 0.600. The van der Waals surface area contributed by atoms with Crippen LogP contribution in [0.15, 0.2) is 6.07 Å². The lowest BCUT2D eigenvalue weighted by Gasteiger charge is -2.27. The molecule has 0 atom stereocenters. The molecule has 176 valence electrons. The molecule has 0 spiro atoms. The van der Waals surface area contributed by atoms with E-state index < -0.39 is 17.8 Å². The Kier molecular flexibility index (Phi) is 7.22. The van der Waals surface area contributed by atoms with Crippen LogP contribution in [0.4, 0.5) is 13.2 Å². The van der Waals surface area contributed by atoms with Gasteiger partial charge in [-0.1, -0.05) is 13.8 Å². The third-order valence-electron chi connectivity index (χ3n) is 5.25. The second-order valence-electron chi connectivity index (χ2n) is 8.07. The van der Waals surface area contributed by atoms with E-state index >= 15 is 0 Å². The second-order valence-corrected chi connectivity index (χ2v) is 8.07. The molecule has 0 radical (unpaired) electrons. The van der Waals surface area contributed by atoms with Gasteiger partial charge < -0.3 is 15.0 Å². The summed E-state index contributed by atoms with van der Waals surface area (Å²) in [5, 5.41) is 12.6. The van der Waals surface area contributed by atoms with Crippen molar-refractivity contribution in [3.8, 4) is 0 Å². The van der Waals surface area contributed by atoms with Gasteiger partial charge in [-0.3, -0.25) is 19.4 Å². The first-order chi connectivity index (χ1) is 15.1. The van der Waals surface area contributed by atoms with Crippen LogP contribution in [-0.4, -0.2) is 63.5 Å². The molecule has 0 aromatic carbocycles. The molecule has 0 fully saturated rings. The van der Waals surface area contributed by atoms with Crippen molar-refractivity contribution < 1.29 is 27.5 Å². The van der Waals surface area contributed by atoms with Gasteiger partial charge in [-0.25, -0.2) is 0 Å². The van der Waals surface area contributed by atoms with Crippen molar-refractivity contribution in [2.24, 2.45) is 5.92 Å². The van der Waals surface area contributed by atoms with Crippen molar-refractivity contribution >= 4 is 11.8 Å². The Morgan fingerprint density at radius 3 is 2.72 bits per heavy atom. The summed E-state index contributed by atoms with van der Waals surface area (Å²) in [6, 6.07) is 0.697. The number of ether oxygens (including phenoxy) is 1. The second kappa shape index (κ2) is 9.72. The van der Waals surface area contributed by atoms with Crippen molar-refractivity contribution in [3.05, 3.63) is 34.4 Å². The van der Waals surface area contributed by atoms with Crippen LogP contribution >= 0.6 is 0 Å². The number of hydrogen-bond acceptors (Lipinski definition) is 5. The Hall–Kier alpha value is -2.89. The molecule has 2 aromatic heterocycles. The topological polar surface area (TPSA) is 105 Å². The van der Waals surface area contributed by atoms with Crippen molar-refractivity contribution in [3.63, 3.8) is 0 Å². The van der Waals surface area contributed by atoms with Crippen LogP contribution in [0.3, 0.4) is 0 Å². The van der Waals surface area contributed by atoms with Crippen molar-refractivity contribution in [2.75, 3.05) is 26.8 Å². The van der Waals surface area contributed by atoms with Gasteiger partial charge in [0.25, 0.3) is 11.8 Å². The number of carbonyl (C=O) groups excluding carboxylic acids is 2. The van der Waals surface area contributed by atoms with Crippen LogP contribution in [0, 0.1) is 5.92 Å². The lowest BCUT2D eigenvalue weighted by Crippen LogP contribution is -2.37. The zero-order chi connectivity index (χ0) is 23.5. The monoisotopic (exact) mass is 456 g/mol. The molecule has 12 heteroatoms. The molecule has 9 nitrogen and oxygen atoms in total. The van der Waals surface area contributed by atoms with Crippen LogP contribution in [0.1, 0.15) is 58.2 Å². The van der Waals surface area contributed by atoms with Gasteiger partial charge in [-0.2, -0.15) is 23.4 Å². The van der Waals surface area contributed by atoms with Gasteiger partial charge in [0.15, 0.2) is 11.4 Å². The van der Waals surface area contributed by atoms with Crippen LogP contribution in [0.2, 0.25) is 0 Å². The Morgan fingerprint density at radius 2 is 2.09 bits per heavy atom. The van der Waals surface area contributed by atoms with Crippen molar-refractivity contribution in [1.82, 2.24) is 30.2 Å². The zero-order valence-corrected chi connectivity index (χ0v) is 18.3. The zero-order valence-electron chi connectivity index (χ0n) is 18.3. The van der Waals surface area contributed by atoms with Gasteiger partial charge in [-0.05, 0) is 12.3 Å². The Bertz CT molecular complexity index is 966. The third kappa shape index (κ3) is 5.29. The number of amides is 2. The number of aromatic nitrogens is 4. The van der Waals surface area contributed by atoms with E-state index in [0.717, 1.165) is 12.1 Å². The third-order valence-corrected chi connectivity index (χ3v) is 5.25. The predicted molar refractivity (Wildman–Crippen MR) is 108 cm³/mol. The molecule has 32 heavy (non-hydrogen) atoms. The van der Waals surface area contributed by atoms with Gasteiger partial charge in [0.05, 0.1) is 13.2 Å². The quantitative estimate of drug-likeness (QED) is 0.593. The molecule has 2 aromatic rings. The summed E-state index contributed by atoms with van der Waals surface area (Å²) in [4.78, 5) is 26.9. The van der Waals surface area contributed by atoms with Gasteiger partial charge in [0.1, 0.15) is 5.69 Å². The fourth-order valence-corrected chi connectivity index (χ4v) is 3.50. The number of fused-ring (bicyclic) bond motifs is 1. The minimum atomic E-state index is -4.62. The number of halogens is 3. The highest BCUT2D eigenvalue weighted by atomic mass is 19.4. The number of alkyl halides is 3. The van der Waals surface area contributed by atoms with Gasteiger partial charge in [-0.15, -0.1) is 0 Å². The van der Waals surface area contributed by atoms with E-state index in [9.17, 15) is 22.8 Å². The van der Waals surface area contributed by atoms with Crippen LogP contribution in [0.5, 0.6) is 0 Å². The molecule has 0 saturated heterocycles. The predicted octanol–water partition coefficient (Wildman–Crippen LogP) is 2.25. The molecule has 2 N–H and O–H groups in total. The highest BCUT2D eigenvalue weighted by Crippen LogP contribution is 2.29. The molecule has 3 rings (SSSR count). The van der Waals surface area contributed by atoms with Crippen molar-refractivity contribution in [2.45, 2.75) is 46.0 Å². The number of nitrogens with zero attached hydrogens (tertiary/aromatic N) is 4. The maximum absolute atomic E-state index is 12.8. The summed E-state index contributed by atoms with van der Waals surface area (Å²) < 4.78 is 45.3. The number of methoxy groups -OCH3 is 1. The Morgan fingerprint density at radius 1 is 1.34 bits per heavy atom. The molecule has 3 heterocycles. The average molecular weight is 456 g/mol. The first kappa shape index (κ1) is 23.8.